The zero-order chi connectivity index (χ0) is 10.1. The van der Waals surface area contributed by atoms with Crippen molar-refractivity contribution < 1.29 is 0 Å². The maximum Gasteiger partial charge on any atom is 0.0232 e. The van der Waals surface area contributed by atoms with Crippen molar-refractivity contribution in [2.75, 3.05) is 19.6 Å². The molecule has 2 nitrogen and oxygen atoms in total. The Labute approximate surface area is 83.5 Å². The first-order valence-electron chi connectivity index (χ1n) is 5.91. The molecule has 2 fully saturated rings. The number of nitrogens with one attached hydrogen (secondary N) is 2. The van der Waals surface area contributed by atoms with E-state index in [1.807, 2.05) is 27.7 Å². The molecule has 2 saturated heterocycles. The second-order valence-electron chi connectivity index (χ2n) is 3.12. The van der Waals surface area contributed by atoms with Crippen LogP contribution in [-0.4, -0.2) is 25.7 Å². The van der Waals surface area contributed by atoms with Crippen molar-refractivity contribution in [1.29, 1.82) is 0 Å². The molecule has 13 heavy (non-hydrogen) atoms. The monoisotopic (exact) mass is 186 g/mol. The molecule has 0 aromatic rings. The van der Waals surface area contributed by atoms with Gasteiger partial charge in [0.15, 0.2) is 0 Å². The highest BCUT2D eigenvalue weighted by Crippen LogP contribution is 2.18. The van der Waals surface area contributed by atoms with Crippen LogP contribution < -0.4 is 10.6 Å². The van der Waals surface area contributed by atoms with Crippen molar-refractivity contribution >= 4 is 0 Å². The third-order valence-electron chi connectivity index (χ3n) is 2.50. The summed E-state index contributed by atoms with van der Waals surface area (Å²) in [7, 11) is 0. The van der Waals surface area contributed by atoms with Gasteiger partial charge in [0, 0.05) is 12.6 Å². The summed E-state index contributed by atoms with van der Waals surface area (Å²) in [5, 5.41) is 6.92. The van der Waals surface area contributed by atoms with E-state index in [0.29, 0.717) is 0 Å². The topological polar surface area (TPSA) is 24.1 Å². The van der Waals surface area contributed by atoms with Crippen LogP contribution in [0.1, 0.15) is 40.5 Å². The molecule has 2 aliphatic rings. The summed E-state index contributed by atoms with van der Waals surface area (Å²) in [6.07, 6.45) is 2.81. The maximum atomic E-state index is 3.52. The number of fused-ring (bicyclic) bond motifs is 1. The summed E-state index contributed by atoms with van der Waals surface area (Å²) in [4.78, 5) is 0. The van der Waals surface area contributed by atoms with Crippen molar-refractivity contribution in [3.63, 3.8) is 0 Å². The van der Waals surface area contributed by atoms with Gasteiger partial charge in [-0.3, -0.25) is 0 Å². The molecule has 0 aliphatic carbocycles. The second kappa shape index (κ2) is 8.52. The lowest BCUT2D eigenvalue weighted by atomic mass is 9.94. The van der Waals surface area contributed by atoms with Crippen LogP contribution in [0.15, 0.2) is 0 Å². The van der Waals surface area contributed by atoms with Crippen molar-refractivity contribution in [2.45, 2.75) is 46.6 Å². The van der Waals surface area contributed by atoms with Gasteiger partial charge in [-0.1, -0.05) is 27.7 Å². The van der Waals surface area contributed by atoms with Crippen molar-refractivity contribution in [3.05, 3.63) is 0 Å². The molecule has 0 radical (unpaired) electrons. The van der Waals surface area contributed by atoms with Crippen LogP contribution in [0.4, 0.5) is 0 Å². The minimum absolute atomic E-state index is 0.804. The van der Waals surface area contributed by atoms with Crippen LogP contribution in [-0.2, 0) is 0 Å². The Bertz CT molecular complexity index is 92.3. The SMILES string of the molecule is C1CNC2CNCC2C1.CC.CC. The van der Waals surface area contributed by atoms with Gasteiger partial charge in [-0.25, -0.2) is 0 Å². The van der Waals surface area contributed by atoms with Gasteiger partial charge >= 0.3 is 0 Å². The first-order chi connectivity index (χ1) is 6.47. The van der Waals surface area contributed by atoms with Crippen LogP contribution in [0.3, 0.4) is 0 Å². The molecule has 0 aromatic heterocycles. The molecule has 0 amide bonds. The summed E-state index contributed by atoms with van der Waals surface area (Å²) < 4.78 is 0. The fourth-order valence-electron chi connectivity index (χ4n) is 1.93. The predicted molar refractivity (Wildman–Crippen MR) is 60.1 cm³/mol. The highest BCUT2D eigenvalue weighted by atomic mass is 15.0. The van der Waals surface area contributed by atoms with Gasteiger partial charge in [0.25, 0.3) is 0 Å². The van der Waals surface area contributed by atoms with E-state index < -0.39 is 0 Å². The van der Waals surface area contributed by atoms with Gasteiger partial charge in [-0.2, -0.15) is 0 Å². The van der Waals surface area contributed by atoms with Gasteiger partial charge in [-0.05, 0) is 31.8 Å². The van der Waals surface area contributed by atoms with Crippen LogP contribution in [0.25, 0.3) is 0 Å². The van der Waals surface area contributed by atoms with E-state index in [1.165, 1.54) is 32.5 Å². The van der Waals surface area contributed by atoms with Crippen LogP contribution in [0.2, 0.25) is 0 Å². The van der Waals surface area contributed by atoms with E-state index in [9.17, 15) is 0 Å². The lowest BCUT2D eigenvalue weighted by molar-refractivity contribution is 0.339. The quantitative estimate of drug-likeness (QED) is 0.605. The molecule has 80 valence electrons. The zero-order valence-electron chi connectivity index (χ0n) is 9.69. The number of hydrogen-bond acceptors (Lipinski definition) is 2. The summed E-state index contributed by atoms with van der Waals surface area (Å²) in [5.74, 6) is 0.943. The molecule has 2 atom stereocenters. The molecular weight excluding hydrogens is 160 g/mol. The normalized spacial score (nSPS) is 30.5. The molecule has 2 heterocycles. The van der Waals surface area contributed by atoms with Gasteiger partial charge < -0.3 is 10.6 Å². The highest BCUT2D eigenvalue weighted by molar-refractivity contribution is 4.89. The van der Waals surface area contributed by atoms with Crippen LogP contribution in [0.5, 0.6) is 0 Å². The third kappa shape index (κ3) is 4.10. The van der Waals surface area contributed by atoms with Crippen molar-refractivity contribution in [3.8, 4) is 0 Å². The fourth-order valence-corrected chi connectivity index (χ4v) is 1.93. The lowest BCUT2D eigenvalue weighted by Crippen LogP contribution is -2.40. The Morgan fingerprint density at radius 2 is 1.69 bits per heavy atom. The van der Waals surface area contributed by atoms with Gasteiger partial charge in [0.2, 0.25) is 0 Å². The van der Waals surface area contributed by atoms with Crippen LogP contribution in [0, 0.1) is 5.92 Å². The molecule has 0 saturated carbocycles. The summed E-state index contributed by atoms with van der Waals surface area (Å²) in [5.41, 5.74) is 0. The van der Waals surface area contributed by atoms with E-state index in [1.54, 1.807) is 0 Å². The summed E-state index contributed by atoms with van der Waals surface area (Å²) in [6, 6.07) is 0.804. The standard InChI is InChI=1S/C7H14N2.2C2H6/c1-2-6-4-8-5-7(6)9-3-1;2*1-2/h6-9H,1-5H2;2*1-2H3. The molecule has 2 rings (SSSR count). The molecule has 0 spiro atoms. The van der Waals surface area contributed by atoms with Gasteiger partial charge in [0.1, 0.15) is 0 Å². The molecule has 0 aromatic carbocycles. The average Bonchev–Trinajstić information content (AvgIpc) is 2.71. The molecular formula is C11H26N2. The van der Waals surface area contributed by atoms with Crippen molar-refractivity contribution in [2.24, 2.45) is 5.92 Å². The predicted octanol–water partition coefficient (Wildman–Crippen LogP) is 2.01. The first kappa shape index (κ1) is 12.9. The third-order valence-corrected chi connectivity index (χ3v) is 2.50. The number of piperidine rings is 1. The minimum atomic E-state index is 0.804. The fraction of sp³-hybridized carbons (Fsp3) is 1.00. The van der Waals surface area contributed by atoms with Crippen LogP contribution >= 0.6 is 0 Å². The zero-order valence-corrected chi connectivity index (χ0v) is 9.69. The molecule has 2 heteroatoms. The Kier molecular flexibility index (Phi) is 8.46. The minimum Gasteiger partial charge on any atom is -0.315 e. The van der Waals surface area contributed by atoms with E-state index in [4.69, 9.17) is 0 Å². The molecule has 2 N–H and O–H groups in total. The Morgan fingerprint density at radius 3 is 2.31 bits per heavy atom. The average molecular weight is 186 g/mol. The van der Waals surface area contributed by atoms with E-state index in [2.05, 4.69) is 10.6 Å². The molecule has 2 aliphatic heterocycles. The summed E-state index contributed by atoms with van der Waals surface area (Å²) >= 11 is 0. The Hall–Kier alpha value is -0.0800. The number of hydrogen-bond donors (Lipinski definition) is 2. The van der Waals surface area contributed by atoms with Crippen molar-refractivity contribution in [1.82, 2.24) is 10.6 Å². The molecule has 0 bridgehead atoms. The first-order valence-corrected chi connectivity index (χ1v) is 5.91. The van der Waals surface area contributed by atoms with E-state index in [-0.39, 0.29) is 0 Å². The largest absolute Gasteiger partial charge is 0.315 e. The number of rotatable bonds is 0. The van der Waals surface area contributed by atoms with E-state index in [0.717, 1.165) is 12.0 Å². The smallest absolute Gasteiger partial charge is 0.0232 e. The van der Waals surface area contributed by atoms with Gasteiger partial charge in [-0.15, -0.1) is 0 Å². The molecule has 2 unspecified atom stereocenters. The van der Waals surface area contributed by atoms with Gasteiger partial charge in [0.05, 0.1) is 0 Å². The van der Waals surface area contributed by atoms with E-state index >= 15 is 0 Å². The highest BCUT2D eigenvalue weighted by Gasteiger charge is 2.28. The Balaban J connectivity index is 0.000000322. The lowest BCUT2D eigenvalue weighted by Gasteiger charge is -2.24. The summed E-state index contributed by atoms with van der Waals surface area (Å²) in [6.45, 7) is 11.7. The Morgan fingerprint density at radius 1 is 1.00 bits per heavy atom. The maximum absolute atomic E-state index is 3.52. The second-order valence-corrected chi connectivity index (χ2v) is 3.12.